The number of nitrogens with one attached hydrogen (secondary N) is 1. The maximum absolute atomic E-state index is 13.6. The number of carbonyl (C=O) groups is 1. The molecule has 0 saturated carbocycles. The SMILES string of the molecule is COc1ccc(NC(=O)/C=C/c2cc(Cl)c3c(c2)OCCO3)cc1F. The zero-order chi connectivity index (χ0) is 17.8. The number of benzene rings is 2. The summed E-state index contributed by atoms with van der Waals surface area (Å²) in [7, 11) is 1.37. The van der Waals surface area contributed by atoms with Crippen LogP contribution in [-0.2, 0) is 4.79 Å². The molecule has 0 bridgehead atoms. The van der Waals surface area contributed by atoms with Crippen LogP contribution < -0.4 is 19.5 Å². The Morgan fingerprint density at radius 3 is 2.84 bits per heavy atom. The Balaban J connectivity index is 1.70. The van der Waals surface area contributed by atoms with Crippen LogP contribution in [-0.4, -0.2) is 26.2 Å². The number of rotatable bonds is 4. The number of anilines is 1. The Morgan fingerprint density at radius 1 is 1.28 bits per heavy atom. The number of ether oxygens (including phenoxy) is 3. The Morgan fingerprint density at radius 2 is 2.08 bits per heavy atom. The van der Waals surface area contributed by atoms with E-state index in [9.17, 15) is 9.18 Å². The minimum Gasteiger partial charge on any atom is -0.494 e. The van der Waals surface area contributed by atoms with Crippen molar-refractivity contribution in [2.45, 2.75) is 0 Å². The van der Waals surface area contributed by atoms with Crippen molar-refractivity contribution in [2.24, 2.45) is 0 Å². The van der Waals surface area contributed by atoms with Crippen LogP contribution in [0.25, 0.3) is 6.08 Å². The van der Waals surface area contributed by atoms with Crippen molar-refractivity contribution in [3.05, 3.63) is 52.8 Å². The molecule has 0 atom stereocenters. The van der Waals surface area contributed by atoms with Gasteiger partial charge in [-0.15, -0.1) is 0 Å². The van der Waals surface area contributed by atoms with Gasteiger partial charge in [-0.3, -0.25) is 4.79 Å². The third-order valence-corrected chi connectivity index (χ3v) is 3.75. The highest BCUT2D eigenvalue weighted by atomic mass is 35.5. The molecule has 0 fully saturated rings. The normalized spacial score (nSPS) is 12.9. The maximum atomic E-state index is 13.6. The smallest absolute Gasteiger partial charge is 0.248 e. The number of carbonyl (C=O) groups excluding carboxylic acids is 1. The highest BCUT2D eigenvalue weighted by molar-refractivity contribution is 6.32. The predicted octanol–water partition coefficient (Wildman–Crippen LogP) is 3.91. The molecular weight excluding hydrogens is 349 g/mol. The Bertz CT molecular complexity index is 838. The first kappa shape index (κ1) is 17.1. The lowest BCUT2D eigenvalue weighted by atomic mass is 10.1. The number of methoxy groups -OCH3 is 1. The van der Waals surface area contributed by atoms with E-state index >= 15 is 0 Å². The second-order valence-electron chi connectivity index (χ2n) is 5.20. The van der Waals surface area contributed by atoms with Crippen molar-refractivity contribution in [3.8, 4) is 17.2 Å². The van der Waals surface area contributed by atoms with E-state index in [1.165, 1.54) is 25.3 Å². The minimum atomic E-state index is -0.553. The first-order chi connectivity index (χ1) is 12.1. The number of hydrogen-bond donors (Lipinski definition) is 1. The summed E-state index contributed by atoms with van der Waals surface area (Å²) < 4.78 is 29.4. The zero-order valence-corrected chi connectivity index (χ0v) is 14.1. The summed E-state index contributed by atoms with van der Waals surface area (Å²) in [6.07, 6.45) is 2.91. The molecule has 3 rings (SSSR count). The third kappa shape index (κ3) is 4.03. The van der Waals surface area contributed by atoms with Gasteiger partial charge in [0, 0.05) is 17.8 Å². The fourth-order valence-corrected chi connectivity index (χ4v) is 2.60. The molecule has 0 spiro atoms. The predicted molar refractivity (Wildman–Crippen MR) is 93.1 cm³/mol. The van der Waals surface area contributed by atoms with Gasteiger partial charge in [-0.25, -0.2) is 4.39 Å². The van der Waals surface area contributed by atoms with Gasteiger partial charge in [-0.05, 0) is 35.9 Å². The molecule has 5 nitrogen and oxygen atoms in total. The molecule has 0 aromatic heterocycles. The van der Waals surface area contributed by atoms with Crippen molar-refractivity contribution in [1.29, 1.82) is 0 Å². The molecule has 1 heterocycles. The Labute approximate surface area is 149 Å². The Hall–Kier alpha value is -2.73. The van der Waals surface area contributed by atoms with Gasteiger partial charge < -0.3 is 19.5 Å². The molecule has 25 heavy (non-hydrogen) atoms. The molecule has 0 saturated heterocycles. The van der Waals surface area contributed by atoms with Gasteiger partial charge in [0.2, 0.25) is 5.91 Å². The lowest BCUT2D eigenvalue weighted by Crippen LogP contribution is -2.15. The highest BCUT2D eigenvalue weighted by Crippen LogP contribution is 2.38. The van der Waals surface area contributed by atoms with Gasteiger partial charge >= 0.3 is 0 Å². The molecule has 1 aliphatic heterocycles. The van der Waals surface area contributed by atoms with E-state index in [4.69, 9.17) is 25.8 Å². The number of hydrogen-bond acceptors (Lipinski definition) is 4. The van der Waals surface area contributed by atoms with Crippen LogP contribution in [0.4, 0.5) is 10.1 Å². The molecule has 1 N–H and O–H groups in total. The molecule has 0 radical (unpaired) electrons. The summed E-state index contributed by atoms with van der Waals surface area (Å²) in [5, 5.41) is 2.98. The van der Waals surface area contributed by atoms with E-state index in [2.05, 4.69) is 5.32 Å². The van der Waals surface area contributed by atoms with E-state index in [0.717, 1.165) is 0 Å². The fourth-order valence-electron chi connectivity index (χ4n) is 2.33. The van der Waals surface area contributed by atoms with E-state index in [1.54, 1.807) is 24.3 Å². The van der Waals surface area contributed by atoms with Gasteiger partial charge in [-0.1, -0.05) is 11.6 Å². The molecule has 2 aromatic rings. The van der Waals surface area contributed by atoms with Crippen LogP contribution in [0.1, 0.15) is 5.56 Å². The molecule has 2 aromatic carbocycles. The molecule has 0 unspecified atom stereocenters. The summed E-state index contributed by atoms with van der Waals surface area (Å²) in [6.45, 7) is 0.892. The molecule has 0 aliphatic carbocycles. The lowest BCUT2D eigenvalue weighted by molar-refractivity contribution is -0.111. The van der Waals surface area contributed by atoms with E-state index in [0.29, 0.717) is 41.0 Å². The Kier molecular flexibility index (Phi) is 5.09. The number of amides is 1. The van der Waals surface area contributed by atoms with Crippen LogP contribution in [0.15, 0.2) is 36.4 Å². The molecular formula is C18H15ClFNO4. The average molecular weight is 364 g/mol. The van der Waals surface area contributed by atoms with Crippen molar-refractivity contribution in [3.63, 3.8) is 0 Å². The first-order valence-corrected chi connectivity index (χ1v) is 7.86. The molecule has 7 heteroatoms. The summed E-state index contributed by atoms with van der Waals surface area (Å²) in [5.74, 6) is 0.192. The van der Waals surface area contributed by atoms with Gasteiger partial charge in [-0.2, -0.15) is 0 Å². The summed E-state index contributed by atoms with van der Waals surface area (Å²) in [5.41, 5.74) is 1.01. The summed E-state index contributed by atoms with van der Waals surface area (Å²) >= 11 is 6.15. The van der Waals surface area contributed by atoms with Crippen molar-refractivity contribution < 1.29 is 23.4 Å². The first-order valence-electron chi connectivity index (χ1n) is 7.48. The van der Waals surface area contributed by atoms with Crippen LogP contribution in [0.2, 0.25) is 5.02 Å². The zero-order valence-electron chi connectivity index (χ0n) is 13.3. The van der Waals surface area contributed by atoms with Gasteiger partial charge in [0.05, 0.1) is 12.1 Å². The third-order valence-electron chi connectivity index (χ3n) is 3.47. The minimum absolute atomic E-state index is 0.111. The standard InChI is InChI=1S/C18H15ClFNO4/c1-23-15-4-3-12(10-14(15)20)21-17(22)5-2-11-8-13(19)18-16(9-11)24-6-7-25-18/h2-5,8-10H,6-7H2,1H3,(H,21,22)/b5-2+. The molecule has 1 aliphatic rings. The number of fused-ring (bicyclic) bond motifs is 1. The fraction of sp³-hybridized carbons (Fsp3) is 0.167. The van der Waals surface area contributed by atoms with Gasteiger partial charge in [0.15, 0.2) is 23.1 Å². The second-order valence-corrected chi connectivity index (χ2v) is 5.61. The number of halogens is 2. The van der Waals surface area contributed by atoms with Crippen molar-refractivity contribution in [1.82, 2.24) is 0 Å². The van der Waals surface area contributed by atoms with Gasteiger partial charge in [0.1, 0.15) is 13.2 Å². The van der Waals surface area contributed by atoms with Crippen molar-refractivity contribution in [2.75, 3.05) is 25.6 Å². The largest absolute Gasteiger partial charge is 0.494 e. The van der Waals surface area contributed by atoms with Crippen LogP contribution in [0, 0.1) is 5.82 Å². The molecule has 130 valence electrons. The maximum Gasteiger partial charge on any atom is 0.248 e. The molecule has 1 amide bonds. The van der Waals surface area contributed by atoms with E-state index in [-0.39, 0.29) is 5.75 Å². The summed E-state index contributed by atoms with van der Waals surface area (Å²) in [4.78, 5) is 12.0. The highest BCUT2D eigenvalue weighted by Gasteiger charge is 2.16. The van der Waals surface area contributed by atoms with Crippen LogP contribution >= 0.6 is 11.6 Å². The van der Waals surface area contributed by atoms with Crippen molar-refractivity contribution >= 4 is 29.3 Å². The topological polar surface area (TPSA) is 56.8 Å². The van der Waals surface area contributed by atoms with Gasteiger partial charge in [0.25, 0.3) is 0 Å². The van der Waals surface area contributed by atoms with Crippen LogP contribution in [0.5, 0.6) is 17.2 Å². The van der Waals surface area contributed by atoms with Crippen LogP contribution in [0.3, 0.4) is 0 Å². The average Bonchev–Trinajstić information content (AvgIpc) is 2.60. The lowest BCUT2D eigenvalue weighted by Gasteiger charge is -2.19. The summed E-state index contributed by atoms with van der Waals surface area (Å²) in [6, 6.07) is 7.58. The van der Waals surface area contributed by atoms with E-state index < -0.39 is 11.7 Å². The van der Waals surface area contributed by atoms with E-state index in [1.807, 2.05) is 0 Å². The monoisotopic (exact) mass is 363 g/mol. The quantitative estimate of drug-likeness (QED) is 0.837. The second kappa shape index (κ2) is 7.44.